The molecule has 0 atom stereocenters. The van der Waals surface area contributed by atoms with Crippen molar-refractivity contribution >= 4 is 29.1 Å². The third-order valence-corrected chi connectivity index (χ3v) is 8.25. The summed E-state index contributed by atoms with van der Waals surface area (Å²) >= 11 is 0. The second kappa shape index (κ2) is 13.6. The number of benzene rings is 2. The van der Waals surface area contributed by atoms with Crippen molar-refractivity contribution in [3.63, 3.8) is 0 Å². The van der Waals surface area contributed by atoms with Crippen molar-refractivity contribution in [2.75, 3.05) is 56.6 Å². The number of hydrogen-bond donors (Lipinski definition) is 0. The molecule has 2 aromatic rings. The van der Waals surface area contributed by atoms with Gasteiger partial charge in [-0.1, -0.05) is 12.8 Å². The molecule has 0 bridgehead atoms. The maximum Gasteiger partial charge on any atom is 0.417 e. The van der Waals surface area contributed by atoms with Gasteiger partial charge in [0.2, 0.25) is 0 Å². The Bertz CT molecular complexity index is 1440. The number of alkyl halides is 6. The van der Waals surface area contributed by atoms with E-state index in [0.29, 0.717) is 36.0 Å². The number of unbranched alkanes of at least 4 members (excludes halogenated alkanes) is 3. The Labute approximate surface area is 258 Å². The number of anilines is 2. The first kappa shape index (κ1) is 34.0. The van der Waals surface area contributed by atoms with Crippen molar-refractivity contribution < 1.29 is 40.7 Å². The fraction of sp³-hybridized carbons (Fsp3) is 0.469. The van der Waals surface area contributed by atoms with Crippen LogP contribution in [0.4, 0.5) is 37.7 Å². The van der Waals surface area contributed by atoms with Crippen LogP contribution in [0.3, 0.4) is 0 Å². The van der Waals surface area contributed by atoms with Crippen LogP contribution in [0.5, 0.6) is 0 Å². The molecule has 0 aromatic heterocycles. The van der Waals surface area contributed by atoms with Crippen LogP contribution in [0.25, 0.3) is 0 Å². The summed E-state index contributed by atoms with van der Waals surface area (Å²) in [6.07, 6.45) is -7.30. The molecule has 1 saturated heterocycles. The Morgan fingerprint density at radius 1 is 0.778 bits per heavy atom. The molecule has 2 heterocycles. The van der Waals surface area contributed by atoms with Gasteiger partial charge in [-0.3, -0.25) is 19.3 Å². The van der Waals surface area contributed by atoms with Gasteiger partial charge in [0.15, 0.2) is 0 Å². The third-order valence-electron chi connectivity index (χ3n) is 8.25. The van der Waals surface area contributed by atoms with E-state index in [0.717, 1.165) is 44.6 Å². The predicted molar refractivity (Wildman–Crippen MR) is 158 cm³/mol. The van der Waals surface area contributed by atoms with E-state index in [9.17, 15) is 40.7 Å². The van der Waals surface area contributed by atoms with E-state index in [4.69, 9.17) is 0 Å². The molecule has 0 aliphatic carbocycles. The fourth-order valence-electron chi connectivity index (χ4n) is 5.62. The van der Waals surface area contributed by atoms with Gasteiger partial charge >= 0.3 is 12.4 Å². The van der Waals surface area contributed by atoms with Gasteiger partial charge in [0, 0.05) is 62.7 Å². The van der Waals surface area contributed by atoms with E-state index in [2.05, 4.69) is 4.90 Å². The lowest BCUT2D eigenvalue weighted by atomic mass is 10.0. The van der Waals surface area contributed by atoms with Gasteiger partial charge in [-0.2, -0.15) is 26.3 Å². The highest BCUT2D eigenvalue weighted by atomic mass is 19.4. The summed E-state index contributed by atoms with van der Waals surface area (Å²) in [6.45, 7) is 5.05. The fourth-order valence-corrected chi connectivity index (χ4v) is 5.62. The molecule has 13 heteroatoms. The van der Waals surface area contributed by atoms with Crippen molar-refractivity contribution in [3.05, 3.63) is 70.3 Å². The van der Waals surface area contributed by atoms with Crippen molar-refractivity contribution in [3.8, 4) is 0 Å². The summed E-state index contributed by atoms with van der Waals surface area (Å²) in [6, 6.07) is 8.68. The second-order valence-corrected chi connectivity index (χ2v) is 11.5. The normalized spacial score (nSPS) is 16.6. The standard InChI is InChI=1S/C32H36F6N4O3/c1-21-25(30(45)42(28(21)43)24-13-14-26(31(33,34)35)27(20-24)32(36,37)38)8-6-4-5-7-15-40-16-18-41(19-17-40)29(44)22-9-11-23(12-10-22)39(2)3/h9-14,20H,4-8,15-19H2,1-3H3. The van der Waals surface area contributed by atoms with Crippen molar-refractivity contribution in [1.82, 2.24) is 9.80 Å². The molecule has 0 radical (unpaired) electrons. The molecule has 4 rings (SSSR count). The first-order valence-electron chi connectivity index (χ1n) is 14.8. The minimum absolute atomic E-state index is 0.0159. The van der Waals surface area contributed by atoms with Crippen LogP contribution in [-0.2, 0) is 21.9 Å². The van der Waals surface area contributed by atoms with Crippen LogP contribution >= 0.6 is 0 Å². The van der Waals surface area contributed by atoms with E-state index in [1.54, 1.807) is 0 Å². The zero-order valence-electron chi connectivity index (χ0n) is 25.4. The van der Waals surface area contributed by atoms with E-state index in [1.807, 2.05) is 48.2 Å². The molecule has 1 fully saturated rings. The monoisotopic (exact) mass is 638 g/mol. The number of amides is 3. The third kappa shape index (κ3) is 7.86. The number of piperazine rings is 1. The smallest absolute Gasteiger partial charge is 0.378 e. The van der Waals surface area contributed by atoms with E-state index >= 15 is 0 Å². The highest BCUT2D eigenvalue weighted by molar-refractivity contribution is 6.32. The van der Waals surface area contributed by atoms with Gasteiger partial charge < -0.3 is 9.80 Å². The molecule has 0 unspecified atom stereocenters. The highest BCUT2D eigenvalue weighted by Gasteiger charge is 2.45. The lowest BCUT2D eigenvalue weighted by Crippen LogP contribution is -2.48. The van der Waals surface area contributed by atoms with Gasteiger partial charge in [0.05, 0.1) is 16.8 Å². The van der Waals surface area contributed by atoms with Gasteiger partial charge in [0.1, 0.15) is 0 Å². The predicted octanol–water partition coefficient (Wildman–Crippen LogP) is 6.39. The minimum Gasteiger partial charge on any atom is -0.378 e. The Morgan fingerprint density at radius 2 is 1.38 bits per heavy atom. The van der Waals surface area contributed by atoms with E-state index < -0.39 is 41.0 Å². The summed E-state index contributed by atoms with van der Waals surface area (Å²) in [5.41, 5.74) is -2.47. The SMILES string of the molecule is CC1=C(CCCCCCN2CCN(C(=O)c3ccc(N(C)C)cc3)CC2)C(=O)N(c2ccc(C(F)(F)F)c(C(F)(F)F)c2)C1=O. The first-order valence-corrected chi connectivity index (χ1v) is 14.8. The van der Waals surface area contributed by atoms with Gasteiger partial charge in [-0.15, -0.1) is 0 Å². The number of halogens is 6. The molecule has 45 heavy (non-hydrogen) atoms. The van der Waals surface area contributed by atoms with Crippen LogP contribution in [0.2, 0.25) is 0 Å². The van der Waals surface area contributed by atoms with Gasteiger partial charge in [-0.25, -0.2) is 4.90 Å². The van der Waals surface area contributed by atoms with Crippen LogP contribution in [0.1, 0.15) is 60.5 Å². The topological polar surface area (TPSA) is 64.2 Å². The molecule has 0 spiro atoms. The van der Waals surface area contributed by atoms with Crippen LogP contribution in [-0.4, -0.2) is 74.3 Å². The average Bonchev–Trinajstić information content (AvgIpc) is 3.20. The maximum atomic E-state index is 13.4. The van der Waals surface area contributed by atoms with Gasteiger partial charge in [-0.05, 0) is 75.2 Å². The number of carbonyl (C=O) groups is 3. The quantitative estimate of drug-likeness (QED) is 0.172. The Balaban J connectivity index is 1.22. The molecule has 3 amide bonds. The second-order valence-electron chi connectivity index (χ2n) is 11.5. The summed E-state index contributed by atoms with van der Waals surface area (Å²) in [5, 5.41) is 0. The number of rotatable bonds is 10. The molecule has 2 aliphatic heterocycles. The minimum atomic E-state index is -5.33. The van der Waals surface area contributed by atoms with Crippen molar-refractivity contribution in [2.24, 2.45) is 0 Å². The lowest BCUT2D eigenvalue weighted by molar-refractivity contribution is -0.162. The summed E-state index contributed by atoms with van der Waals surface area (Å²) < 4.78 is 79.7. The van der Waals surface area contributed by atoms with Crippen molar-refractivity contribution in [1.29, 1.82) is 0 Å². The molecule has 2 aliphatic rings. The summed E-state index contributed by atoms with van der Waals surface area (Å²) in [7, 11) is 3.88. The Kier molecular flexibility index (Phi) is 10.3. The number of hydrogen-bond acceptors (Lipinski definition) is 5. The number of nitrogens with zero attached hydrogens (tertiary/aromatic N) is 4. The average molecular weight is 639 g/mol. The zero-order chi connectivity index (χ0) is 33.1. The molecular weight excluding hydrogens is 602 g/mol. The van der Waals surface area contributed by atoms with E-state index in [1.165, 1.54) is 6.92 Å². The largest absolute Gasteiger partial charge is 0.417 e. The molecule has 7 nitrogen and oxygen atoms in total. The zero-order valence-corrected chi connectivity index (χ0v) is 25.4. The highest BCUT2D eigenvalue weighted by Crippen LogP contribution is 2.42. The molecule has 244 valence electrons. The van der Waals surface area contributed by atoms with Crippen LogP contribution < -0.4 is 9.80 Å². The number of imide groups is 1. The molecule has 0 saturated carbocycles. The molecule has 0 N–H and O–H groups in total. The van der Waals surface area contributed by atoms with Crippen molar-refractivity contribution in [2.45, 2.75) is 51.4 Å². The Morgan fingerprint density at radius 3 is 1.96 bits per heavy atom. The number of carbonyl (C=O) groups excluding carboxylic acids is 3. The maximum absolute atomic E-state index is 13.4. The summed E-state index contributed by atoms with van der Waals surface area (Å²) in [5.74, 6) is -1.64. The molecule has 2 aromatic carbocycles. The lowest BCUT2D eigenvalue weighted by Gasteiger charge is -2.34. The van der Waals surface area contributed by atoms with E-state index in [-0.39, 0.29) is 35.6 Å². The first-order chi connectivity index (χ1) is 21.1. The Hall–Kier alpha value is -3.87. The van der Waals surface area contributed by atoms with Crippen LogP contribution in [0, 0.1) is 0 Å². The molecular formula is C32H36F6N4O3. The van der Waals surface area contributed by atoms with Crippen LogP contribution in [0.15, 0.2) is 53.6 Å². The summed E-state index contributed by atoms with van der Waals surface area (Å²) in [4.78, 5) is 45.3. The van der Waals surface area contributed by atoms with Gasteiger partial charge in [0.25, 0.3) is 17.7 Å².